The number of likely N-dealkylation sites (tertiary alicyclic amines) is 1. The van der Waals surface area contributed by atoms with Crippen molar-refractivity contribution in [3.63, 3.8) is 0 Å². The van der Waals surface area contributed by atoms with Gasteiger partial charge in [-0.05, 0) is 73.8 Å². The number of nitrogens with one attached hydrogen (secondary N) is 2. The van der Waals surface area contributed by atoms with Crippen LogP contribution in [-0.2, 0) is 6.54 Å². The first kappa shape index (κ1) is 19.4. The molecule has 31 heavy (non-hydrogen) atoms. The highest BCUT2D eigenvalue weighted by Crippen LogP contribution is 2.26. The maximum absolute atomic E-state index is 12.9. The standard InChI is InChI=1S/C24H24N6O/c1-16-8-20(14-25-11-16)27-24(31)23-21-10-18(4-5-22(21)28-29-23)19-9-17(12-26-13-19)15-30-6-2-3-7-30/h4-5,8-14H,2-3,6-7,15H2,1H3,(H,27,31)(H,28,29). The molecule has 5 rings (SSSR count). The number of carbonyl (C=O) groups excluding carboxylic acids is 1. The molecule has 0 bridgehead atoms. The van der Waals surface area contributed by atoms with Gasteiger partial charge in [0.25, 0.3) is 5.91 Å². The van der Waals surface area contributed by atoms with Crippen LogP contribution in [-0.4, -0.2) is 44.1 Å². The van der Waals surface area contributed by atoms with E-state index < -0.39 is 0 Å². The van der Waals surface area contributed by atoms with Gasteiger partial charge in [0.15, 0.2) is 5.69 Å². The van der Waals surface area contributed by atoms with Crippen molar-refractivity contribution in [2.75, 3.05) is 18.4 Å². The van der Waals surface area contributed by atoms with Crippen molar-refractivity contribution < 1.29 is 4.79 Å². The van der Waals surface area contributed by atoms with Crippen LogP contribution in [0.4, 0.5) is 5.69 Å². The highest BCUT2D eigenvalue weighted by atomic mass is 16.1. The molecule has 0 spiro atoms. The summed E-state index contributed by atoms with van der Waals surface area (Å²) < 4.78 is 0. The second-order valence-electron chi connectivity index (χ2n) is 8.10. The Labute approximate surface area is 180 Å². The lowest BCUT2D eigenvalue weighted by Gasteiger charge is -2.14. The van der Waals surface area contributed by atoms with Gasteiger partial charge in [0.05, 0.1) is 17.4 Å². The Balaban J connectivity index is 1.43. The van der Waals surface area contributed by atoms with Gasteiger partial charge in [-0.15, -0.1) is 0 Å². The van der Waals surface area contributed by atoms with Crippen LogP contribution < -0.4 is 5.32 Å². The molecule has 0 radical (unpaired) electrons. The molecule has 3 aromatic heterocycles. The highest BCUT2D eigenvalue weighted by Gasteiger charge is 2.16. The van der Waals surface area contributed by atoms with Crippen molar-refractivity contribution in [2.45, 2.75) is 26.3 Å². The predicted octanol–water partition coefficient (Wildman–Crippen LogP) is 4.18. The number of hydrogen-bond donors (Lipinski definition) is 2. The van der Waals surface area contributed by atoms with E-state index in [4.69, 9.17) is 0 Å². The van der Waals surface area contributed by atoms with Gasteiger partial charge < -0.3 is 5.32 Å². The van der Waals surface area contributed by atoms with E-state index in [1.54, 1.807) is 12.4 Å². The number of H-pyrrole nitrogens is 1. The summed E-state index contributed by atoms with van der Waals surface area (Å²) in [5.41, 5.74) is 6.06. The van der Waals surface area contributed by atoms with Crippen molar-refractivity contribution in [3.05, 3.63) is 71.9 Å². The lowest BCUT2D eigenvalue weighted by molar-refractivity contribution is 0.102. The van der Waals surface area contributed by atoms with Crippen LogP contribution in [0, 0.1) is 6.92 Å². The number of pyridine rings is 2. The summed E-state index contributed by atoms with van der Waals surface area (Å²) in [5.74, 6) is -0.267. The summed E-state index contributed by atoms with van der Waals surface area (Å²) in [5, 5.41) is 10.9. The molecule has 4 heterocycles. The Morgan fingerprint density at radius 2 is 1.87 bits per heavy atom. The predicted molar refractivity (Wildman–Crippen MR) is 121 cm³/mol. The number of aromatic amines is 1. The maximum atomic E-state index is 12.9. The molecule has 1 saturated heterocycles. The zero-order valence-corrected chi connectivity index (χ0v) is 17.4. The molecular weight excluding hydrogens is 388 g/mol. The van der Waals surface area contributed by atoms with Gasteiger partial charge in [-0.1, -0.05) is 6.07 Å². The van der Waals surface area contributed by atoms with Crippen LogP contribution in [0.5, 0.6) is 0 Å². The first-order valence-electron chi connectivity index (χ1n) is 10.5. The number of benzene rings is 1. The first-order valence-corrected chi connectivity index (χ1v) is 10.5. The molecule has 1 aliphatic rings. The minimum absolute atomic E-state index is 0.267. The number of anilines is 1. The van der Waals surface area contributed by atoms with Gasteiger partial charge in [-0.2, -0.15) is 5.10 Å². The van der Waals surface area contributed by atoms with Gasteiger partial charge >= 0.3 is 0 Å². The Bertz CT molecular complexity index is 1240. The molecular formula is C24H24N6O. The molecule has 1 aromatic carbocycles. The Morgan fingerprint density at radius 1 is 1.03 bits per heavy atom. The molecule has 0 atom stereocenters. The maximum Gasteiger partial charge on any atom is 0.276 e. The summed E-state index contributed by atoms with van der Waals surface area (Å²) >= 11 is 0. The van der Waals surface area contributed by atoms with Gasteiger partial charge in [-0.25, -0.2) is 0 Å². The van der Waals surface area contributed by atoms with E-state index in [9.17, 15) is 4.79 Å². The topological polar surface area (TPSA) is 86.8 Å². The van der Waals surface area contributed by atoms with Crippen LogP contribution in [0.25, 0.3) is 22.0 Å². The molecule has 0 aliphatic carbocycles. The molecule has 0 unspecified atom stereocenters. The first-order chi connectivity index (χ1) is 15.2. The van der Waals surface area contributed by atoms with E-state index in [0.29, 0.717) is 11.4 Å². The fourth-order valence-corrected chi connectivity index (χ4v) is 4.11. The fourth-order valence-electron chi connectivity index (χ4n) is 4.11. The number of aromatic nitrogens is 4. The van der Waals surface area contributed by atoms with E-state index in [0.717, 1.165) is 47.2 Å². The lowest BCUT2D eigenvalue weighted by atomic mass is 10.0. The smallest absolute Gasteiger partial charge is 0.276 e. The molecule has 0 saturated carbocycles. The Hall–Kier alpha value is -3.58. The zero-order chi connectivity index (χ0) is 21.2. The third-order valence-electron chi connectivity index (χ3n) is 5.64. The zero-order valence-electron chi connectivity index (χ0n) is 17.4. The summed E-state index contributed by atoms with van der Waals surface area (Å²) in [6.07, 6.45) is 9.72. The molecule has 7 heteroatoms. The van der Waals surface area contributed by atoms with E-state index in [1.165, 1.54) is 18.4 Å². The van der Waals surface area contributed by atoms with Crippen molar-refractivity contribution in [3.8, 4) is 11.1 Å². The van der Waals surface area contributed by atoms with Gasteiger partial charge in [-0.3, -0.25) is 24.8 Å². The number of nitrogens with zero attached hydrogens (tertiary/aromatic N) is 4. The average molecular weight is 412 g/mol. The van der Waals surface area contributed by atoms with Crippen LogP contribution in [0.2, 0.25) is 0 Å². The van der Waals surface area contributed by atoms with Crippen LogP contribution >= 0.6 is 0 Å². The van der Waals surface area contributed by atoms with Crippen molar-refractivity contribution in [2.24, 2.45) is 0 Å². The van der Waals surface area contributed by atoms with Crippen LogP contribution in [0.1, 0.15) is 34.5 Å². The van der Waals surface area contributed by atoms with Crippen LogP contribution in [0.3, 0.4) is 0 Å². The summed E-state index contributed by atoms with van der Waals surface area (Å²) in [4.78, 5) is 23.9. The molecule has 7 nitrogen and oxygen atoms in total. The van der Waals surface area contributed by atoms with E-state index in [2.05, 4.69) is 36.4 Å². The fraction of sp³-hybridized carbons (Fsp3) is 0.250. The Morgan fingerprint density at radius 3 is 2.71 bits per heavy atom. The quantitative estimate of drug-likeness (QED) is 0.514. The summed E-state index contributed by atoms with van der Waals surface area (Å²) in [6.45, 7) is 5.16. The molecule has 156 valence electrons. The highest BCUT2D eigenvalue weighted by molar-refractivity contribution is 6.11. The van der Waals surface area contributed by atoms with Crippen LogP contribution in [0.15, 0.2) is 55.1 Å². The number of rotatable bonds is 5. The minimum atomic E-state index is -0.267. The normalized spacial score (nSPS) is 14.2. The van der Waals surface area contributed by atoms with Gasteiger partial charge in [0.1, 0.15) is 0 Å². The molecule has 4 aromatic rings. The largest absolute Gasteiger partial charge is 0.319 e. The SMILES string of the molecule is Cc1cncc(NC(=O)c2n[nH]c3ccc(-c4cncc(CN5CCCC5)c4)cc23)c1. The second-order valence-corrected chi connectivity index (χ2v) is 8.10. The van der Waals surface area contributed by atoms with E-state index >= 15 is 0 Å². The number of hydrogen-bond acceptors (Lipinski definition) is 5. The van der Waals surface area contributed by atoms with Crippen molar-refractivity contribution in [1.82, 2.24) is 25.1 Å². The number of fused-ring (bicyclic) bond motifs is 1. The van der Waals surface area contributed by atoms with E-state index in [1.807, 2.05) is 43.6 Å². The average Bonchev–Trinajstić information content (AvgIpc) is 3.43. The molecule has 1 aliphatic heterocycles. The number of carbonyl (C=O) groups is 1. The van der Waals surface area contributed by atoms with Crippen molar-refractivity contribution in [1.29, 1.82) is 0 Å². The number of aryl methyl sites for hydroxylation is 1. The summed E-state index contributed by atoms with van der Waals surface area (Å²) in [6, 6.07) is 10.0. The molecule has 1 fully saturated rings. The third-order valence-corrected chi connectivity index (χ3v) is 5.64. The Kier molecular flexibility index (Phi) is 5.18. The van der Waals surface area contributed by atoms with Gasteiger partial charge in [0, 0.05) is 36.1 Å². The van der Waals surface area contributed by atoms with E-state index in [-0.39, 0.29) is 5.91 Å². The second kappa shape index (κ2) is 8.28. The third kappa shape index (κ3) is 4.18. The molecule has 2 N–H and O–H groups in total. The minimum Gasteiger partial charge on any atom is -0.319 e. The lowest BCUT2D eigenvalue weighted by Crippen LogP contribution is -2.18. The number of amides is 1. The molecule has 1 amide bonds. The monoisotopic (exact) mass is 412 g/mol. The van der Waals surface area contributed by atoms with Gasteiger partial charge in [0.2, 0.25) is 0 Å². The summed E-state index contributed by atoms with van der Waals surface area (Å²) in [7, 11) is 0. The van der Waals surface area contributed by atoms with Crippen molar-refractivity contribution >= 4 is 22.5 Å².